The summed E-state index contributed by atoms with van der Waals surface area (Å²) in [7, 11) is 0. The van der Waals surface area contributed by atoms with Crippen molar-refractivity contribution in [2.24, 2.45) is 0 Å². The summed E-state index contributed by atoms with van der Waals surface area (Å²) in [6.07, 6.45) is 5.56. The summed E-state index contributed by atoms with van der Waals surface area (Å²) in [5, 5.41) is 0. The molecule has 70 valence electrons. The van der Waals surface area contributed by atoms with E-state index in [1.807, 2.05) is 6.92 Å². The second kappa shape index (κ2) is 4.61. The molecular weight excluding hydrogens is 152 g/mol. The molecule has 0 aromatic heterocycles. The molecule has 2 heteroatoms. The maximum atomic E-state index is 11.3. The molecule has 1 saturated heterocycles. The van der Waals surface area contributed by atoms with Crippen LogP contribution < -0.4 is 0 Å². The van der Waals surface area contributed by atoms with Crippen LogP contribution >= 0.6 is 0 Å². The average molecular weight is 170 g/mol. The van der Waals surface area contributed by atoms with Crippen molar-refractivity contribution in [1.82, 2.24) is 0 Å². The Bertz CT molecular complexity index is 154. The van der Waals surface area contributed by atoms with E-state index in [0.717, 1.165) is 12.8 Å². The Labute approximate surface area is 74.3 Å². The molecule has 0 amide bonds. The normalized spacial score (nSPS) is 27.2. The van der Waals surface area contributed by atoms with Gasteiger partial charge in [0.15, 0.2) is 5.78 Å². The van der Waals surface area contributed by atoms with Crippen LogP contribution in [0.3, 0.4) is 0 Å². The van der Waals surface area contributed by atoms with Crippen molar-refractivity contribution >= 4 is 5.78 Å². The molecule has 0 bridgehead atoms. The molecule has 0 radical (unpaired) electrons. The van der Waals surface area contributed by atoms with Crippen LogP contribution in [0.5, 0.6) is 0 Å². The number of carbonyl (C=O) groups excluding carboxylic acids is 1. The number of unbranched alkanes of at least 4 members (excludes halogenated alkanes) is 3. The molecule has 0 N–H and O–H groups in total. The van der Waals surface area contributed by atoms with E-state index in [-0.39, 0.29) is 12.2 Å². The summed E-state index contributed by atoms with van der Waals surface area (Å²) in [5.74, 6) is 0.304. The third kappa shape index (κ3) is 2.94. The second-order valence-corrected chi connectivity index (χ2v) is 3.54. The molecule has 0 aliphatic carbocycles. The van der Waals surface area contributed by atoms with Gasteiger partial charge in [-0.25, -0.2) is 0 Å². The molecular formula is C10H18O2. The van der Waals surface area contributed by atoms with Crippen molar-refractivity contribution in [1.29, 1.82) is 0 Å². The second-order valence-electron chi connectivity index (χ2n) is 3.54. The molecule has 12 heavy (non-hydrogen) atoms. The zero-order chi connectivity index (χ0) is 8.97. The number of rotatable bonds is 6. The van der Waals surface area contributed by atoms with Gasteiger partial charge in [0, 0.05) is 6.42 Å². The molecule has 1 aliphatic heterocycles. The van der Waals surface area contributed by atoms with Crippen LogP contribution in [0.15, 0.2) is 0 Å². The van der Waals surface area contributed by atoms with Gasteiger partial charge in [-0.1, -0.05) is 26.2 Å². The van der Waals surface area contributed by atoms with Crippen molar-refractivity contribution < 1.29 is 9.53 Å². The summed E-state index contributed by atoms with van der Waals surface area (Å²) in [5.41, 5.74) is 0. The van der Waals surface area contributed by atoms with Gasteiger partial charge in [0.05, 0.1) is 6.10 Å². The number of carbonyl (C=O) groups is 1. The van der Waals surface area contributed by atoms with E-state index in [1.54, 1.807) is 0 Å². The molecule has 1 rings (SSSR count). The Morgan fingerprint density at radius 2 is 2.00 bits per heavy atom. The lowest BCUT2D eigenvalue weighted by Crippen LogP contribution is -2.07. The van der Waals surface area contributed by atoms with E-state index >= 15 is 0 Å². The zero-order valence-electron chi connectivity index (χ0n) is 8.01. The van der Waals surface area contributed by atoms with E-state index in [0.29, 0.717) is 5.78 Å². The highest BCUT2D eigenvalue weighted by Gasteiger charge is 2.39. The van der Waals surface area contributed by atoms with Crippen LogP contribution in [-0.2, 0) is 9.53 Å². The van der Waals surface area contributed by atoms with Crippen molar-refractivity contribution in [3.05, 3.63) is 0 Å². The predicted molar refractivity (Wildman–Crippen MR) is 48.1 cm³/mol. The van der Waals surface area contributed by atoms with E-state index in [4.69, 9.17) is 4.74 Å². The number of hydrogen-bond acceptors (Lipinski definition) is 2. The lowest BCUT2D eigenvalue weighted by molar-refractivity contribution is -0.120. The third-order valence-electron chi connectivity index (χ3n) is 2.31. The first kappa shape index (κ1) is 9.72. The largest absolute Gasteiger partial charge is 0.362 e. The Hall–Kier alpha value is -0.370. The maximum Gasteiger partial charge on any atom is 0.164 e. The molecule has 2 nitrogen and oxygen atoms in total. The van der Waals surface area contributed by atoms with Crippen molar-refractivity contribution in [3.63, 3.8) is 0 Å². The van der Waals surface area contributed by atoms with Crippen LogP contribution in [0.25, 0.3) is 0 Å². The molecule has 0 aromatic carbocycles. The lowest BCUT2D eigenvalue weighted by Gasteiger charge is -1.96. The number of Topliss-reactive ketones (excluding diaryl/α,β-unsaturated/α-hetero) is 1. The van der Waals surface area contributed by atoms with E-state index < -0.39 is 0 Å². The fraction of sp³-hybridized carbons (Fsp3) is 0.900. The smallest absolute Gasteiger partial charge is 0.164 e. The first-order chi connectivity index (χ1) is 5.75. The van der Waals surface area contributed by atoms with Crippen LogP contribution in [0.1, 0.15) is 46.0 Å². The summed E-state index contributed by atoms with van der Waals surface area (Å²) in [6, 6.07) is 0. The van der Waals surface area contributed by atoms with Gasteiger partial charge in [-0.3, -0.25) is 4.79 Å². The fourth-order valence-electron chi connectivity index (χ4n) is 1.39. The van der Waals surface area contributed by atoms with Gasteiger partial charge >= 0.3 is 0 Å². The summed E-state index contributed by atoms with van der Waals surface area (Å²) in [4.78, 5) is 11.3. The van der Waals surface area contributed by atoms with Crippen LogP contribution in [0.4, 0.5) is 0 Å². The predicted octanol–water partition coefficient (Wildman–Crippen LogP) is 2.31. The first-order valence-corrected chi connectivity index (χ1v) is 4.94. The Balaban J connectivity index is 1.96. The molecule has 1 fully saturated rings. The van der Waals surface area contributed by atoms with Crippen LogP contribution in [-0.4, -0.2) is 18.0 Å². The lowest BCUT2D eigenvalue weighted by atomic mass is 10.1. The minimum Gasteiger partial charge on any atom is -0.362 e. The summed E-state index contributed by atoms with van der Waals surface area (Å²) < 4.78 is 5.09. The van der Waals surface area contributed by atoms with Crippen molar-refractivity contribution in [2.45, 2.75) is 58.2 Å². The molecule has 1 aliphatic rings. The maximum absolute atomic E-state index is 11.3. The Kier molecular flexibility index (Phi) is 3.73. The first-order valence-electron chi connectivity index (χ1n) is 4.94. The van der Waals surface area contributed by atoms with Crippen LogP contribution in [0, 0.1) is 0 Å². The van der Waals surface area contributed by atoms with Gasteiger partial charge in [0.1, 0.15) is 6.10 Å². The van der Waals surface area contributed by atoms with E-state index in [2.05, 4.69) is 6.92 Å². The quantitative estimate of drug-likeness (QED) is 0.452. The van der Waals surface area contributed by atoms with Gasteiger partial charge in [-0.2, -0.15) is 0 Å². The number of ether oxygens (including phenoxy) is 1. The molecule has 0 saturated carbocycles. The average Bonchev–Trinajstić information content (AvgIpc) is 2.76. The molecule has 0 spiro atoms. The minimum atomic E-state index is -0.0494. The highest BCUT2D eigenvalue weighted by molar-refractivity contribution is 5.85. The summed E-state index contributed by atoms with van der Waals surface area (Å²) >= 11 is 0. The molecule has 2 atom stereocenters. The molecule has 2 unspecified atom stereocenters. The monoisotopic (exact) mass is 170 g/mol. The number of ketones is 1. The highest BCUT2D eigenvalue weighted by Crippen LogP contribution is 2.23. The molecule has 1 heterocycles. The SMILES string of the molecule is CCCCCCC(=O)C1OC1C. The Morgan fingerprint density at radius 1 is 1.33 bits per heavy atom. The topological polar surface area (TPSA) is 29.6 Å². The van der Waals surface area contributed by atoms with Crippen LogP contribution in [0.2, 0.25) is 0 Å². The van der Waals surface area contributed by atoms with Gasteiger partial charge in [-0.15, -0.1) is 0 Å². The van der Waals surface area contributed by atoms with Crippen molar-refractivity contribution in [3.8, 4) is 0 Å². The van der Waals surface area contributed by atoms with Gasteiger partial charge in [0.25, 0.3) is 0 Å². The van der Waals surface area contributed by atoms with Gasteiger partial charge in [0.2, 0.25) is 0 Å². The molecule has 0 aromatic rings. The van der Waals surface area contributed by atoms with Gasteiger partial charge < -0.3 is 4.74 Å². The fourth-order valence-corrected chi connectivity index (χ4v) is 1.39. The number of hydrogen-bond donors (Lipinski definition) is 0. The van der Waals surface area contributed by atoms with Gasteiger partial charge in [-0.05, 0) is 13.3 Å². The highest BCUT2D eigenvalue weighted by atomic mass is 16.6. The zero-order valence-corrected chi connectivity index (χ0v) is 8.01. The Morgan fingerprint density at radius 3 is 2.50 bits per heavy atom. The minimum absolute atomic E-state index is 0.0494. The number of epoxide rings is 1. The van der Waals surface area contributed by atoms with Crippen molar-refractivity contribution in [2.75, 3.05) is 0 Å². The third-order valence-corrected chi connectivity index (χ3v) is 2.31. The van der Waals surface area contributed by atoms with E-state index in [1.165, 1.54) is 19.3 Å². The standard InChI is InChI=1S/C10H18O2/c1-3-4-5-6-7-9(11)10-8(2)12-10/h8,10H,3-7H2,1-2H3. The van der Waals surface area contributed by atoms with E-state index in [9.17, 15) is 4.79 Å². The summed E-state index contributed by atoms with van der Waals surface area (Å²) in [6.45, 7) is 4.13.